The molecule has 0 radical (unpaired) electrons. The number of piperidine rings is 1. The maximum atomic E-state index is 12.4. The summed E-state index contributed by atoms with van der Waals surface area (Å²) in [5, 5.41) is 0. The molecule has 24 heavy (non-hydrogen) atoms. The van der Waals surface area contributed by atoms with Crippen LogP contribution in [0.25, 0.3) is 6.08 Å². The number of methoxy groups -OCH3 is 2. The van der Waals surface area contributed by atoms with Crippen LogP contribution in [0.1, 0.15) is 18.4 Å². The topological polar surface area (TPSA) is 48.0 Å². The fraction of sp³-hybridized carbons (Fsp3) is 0.500. The van der Waals surface area contributed by atoms with Gasteiger partial charge in [-0.25, -0.2) is 0 Å². The summed E-state index contributed by atoms with van der Waals surface area (Å²) >= 11 is 1.89. The molecule has 2 fully saturated rings. The summed E-state index contributed by atoms with van der Waals surface area (Å²) in [5.74, 6) is 2.44. The Balaban J connectivity index is 1.59. The smallest absolute Gasteiger partial charge is 0.246 e. The highest BCUT2D eigenvalue weighted by molar-refractivity contribution is 8.00. The van der Waals surface area contributed by atoms with E-state index in [1.54, 1.807) is 20.3 Å². The Kier molecular flexibility index (Phi) is 5.36. The molecule has 2 aliphatic heterocycles. The van der Waals surface area contributed by atoms with Crippen LogP contribution in [-0.2, 0) is 9.53 Å². The molecular formula is C18H23NO4S. The highest BCUT2D eigenvalue weighted by Gasteiger charge is 2.39. The normalized spacial score (nSPS) is 19.8. The van der Waals surface area contributed by atoms with E-state index >= 15 is 0 Å². The number of thioether (sulfide) groups is 1. The van der Waals surface area contributed by atoms with Crippen LogP contribution in [0.5, 0.6) is 11.5 Å². The SMILES string of the molecule is COc1ccc(/C=C/C(=O)N2CCC3(CC2)OCCS3)cc1OC. The first-order valence-electron chi connectivity index (χ1n) is 8.13. The van der Waals surface area contributed by atoms with Gasteiger partial charge in [0.15, 0.2) is 11.5 Å². The zero-order valence-corrected chi connectivity index (χ0v) is 14.9. The molecule has 6 heteroatoms. The van der Waals surface area contributed by atoms with Gasteiger partial charge in [-0.2, -0.15) is 0 Å². The van der Waals surface area contributed by atoms with Crippen molar-refractivity contribution >= 4 is 23.7 Å². The van der Waals surface area contributed by atoms with Crippen molar-refractivity contribution in [1.82, 2.24) is 4.90 Å². The second-order valence-corrected chi connectivity index (χ2v) is 7.32. The van der Waals surface area contributed by atoms with Crippen molar-refractivity contribution in [2.45, 2.75) is 17.8 Å². The number of rotatable bonds is 4. The Morgan fingerprint density at radius 3 is 2.62 bits per heavy atom. The molecule has 2 heterocycles. The number of benzene rings is 1. The van der Waals surface area contributed by atoms with E-state index in [1.807, 2.05) is 40.9 Å². The van der Waals surface area contributed by atoms with Crippen LogP contribution in [-0.4, -0.2) is 55.4 Å². The standard InChI is InChI=1S/C18H23NO4S/c1-21-15-5-3-14(13-16(15)22-2)4-6-17(20)19-9-7-18(8-10-19)23-11-12-24-18/h3-6,13H,7-12H2,1-2H3/b6-4+. The minimum atomic E-state index is -0.0379. The average molecular weight is 349 g/mol. The van der Waals surface area contributed by atoms with Crippen molar-refractivity contribution < 1.29 is 19.0 Å². The lowest BCUT2D eigenvalue weighted by Gasteiger charge is -2.37. The van der Waals surface area contributed by atoms with Crippen molar-refractivity contribution in [2.75, 3.05) is 39.7 Å². The molecule has 0 saturated carbocycles. The van der Waals surface area contributed by atoms with E-state index in [1.165, 1.54) is 0 Å². The lowest BCUT2D eigenvalue weighted by Crippen LogP contribution is -2.44. The van der Waals surface area contributed by atoms with Crippen molar-refractivity contribution in [3.63, 3.8) is 0 Å². The molecule has 1 amide bonds. The van der Waals surface area contributed by atoms with Gasteiger partial charge in [0.25, 0.3) is 0 Å². The van der Waals surface area contributed by atoms with Gasteiger partial charge in [0.2, 0.25) is 5.91 Å². The summed E-state index contributed by atoms with van der Waals surface area (Å²) in [5.41, 5.74) is 0.907. The average Bonchev–Trinajstić information content (AvgIpc) is 3.08. The number of hydrogen-bond acceptors (Lipinski definition) is 5. The van der Waals surface area contributed by atoms with Gasteiger partial charge < -0.3 is 19.1 Å². The highest BCUT2D eigenvalue weighted by atomic mass is 32.2. The van der Waals surface area contributed by atoms with E-state index in [9.17, 15) is 4.79 Å². The van der Waals surface area contributed by atoms with Crippen LogP contribution in [0.15, 0.2) is 24.3 Å². The van der Waals surface area contributed by atoms with E-state index in [4.69, 9.17) is 14.2 Å². The molecular weight excluding hydrogens is 326 g/mol. The minimum Gasteiger partial charge on any atom is -0.493 e. The van der Waals surface area contributed by atoms with Crippen molar-refractivity contribution in [3.8, 4) is 11.5 Å². The van der Waals surface area contributed by atoms with Crippen LogP contribution in [0.2, 0.25) is 0 Å². The second kappa shape index (κ2) is 7.49. The van der Waals surface area contributed by atoms with Gasteiger partial charge in [-0.3, -0.25) is 4.79 Å². The largest absolute Gasteiger partial charge is 0.493 e. The molecule has 0 unspecified atom stereocenters. The monoisotopic (exact) mass is 349 g/mol. The molecule has 130 valence electrons. The van der Waals surface area contributed by atoms with Crippen LogP contribution < -0.4 is 9.47 Å². The molecule has 2 saturated heterocycles. The maximum Gasteiger partial charge on any atom is 0.246 e. The van der Waals surface area contributed by atoms with Crippen LogP contribution in [0, 0.1) is 0 Å². The molecule has 1 aromatic carbocycles. The Labute approximate surface area is 146 Å². The predicted octanol–water partition coefficient (Wildman–Crippen LogP) is 2.80. The Bertz CT molecular complexity index is 615. The first kappa shape index (κ1) is 17.2. The van der Waals surface area contributed by atoms with Gasteiger partial charge in [-0.1, -0.05) is 6.07 Å². The van der Waals surface area contributed by atoms with Gasteiger partial charge in [-0.15, -0.1) is 11.8 Å². The van der Waals surface area contributed by atoms with Crippen molar-refractivity contribution in [1.29, 1.82) is 0 Å². The van der Waals surface area contributed by atoms with Gasteiger partial charge in [-0.05, 0) is 23.8 Å². The number of likely N-dealkylation sites (tertiary alicyclic amines) is 1. The summed E-state index contributed by atoms with van der Waals surface area (Å²) in [6, 6.07) is 5.60. The van der Waals surface area contributed by atoms with E-state index in [-0.39, 0.29) is 10.8 Å². The summed E-state index contributed by atoms with van der Waals surface area (Å²) in [6.07, 6.45) is 5.26. The molecule has 1 aromatic rings. The molecule has 1 spiro atoms. The zero-order valence-electron chi connectivity index (χ0n) is 14.1. The van der Waals surface area contributed by atoms with Gasteiger partial charge in [0, 0.05) is 37.8 Å². The third-order valence-corrected chi connectivity index (χ3v) is 5.90. The number of ether oxygens (including phenoxy) is 3. The molecule has 0 aliphatic carbocycles. The van der Waals surface area contributed by atoms with Gasteiger partial charge in [0.05, 0.1) is 20.8 Å². The summed E-state index contributed by atoms with van der Waals surface area (Å²) < 4.78 is 16.4. The number of carbonyl (C=O) groups is 1. The highest BCUT2D eigenvalue weighted by Crippen LogP contribution is 2.41. The number of carbonyl (C=O) groups excluding carboxylic acids is 1. The van der Waals surface area contributed by atoms with Crippen molar-refractivity contribution in [2.24, 2.45) is 0 Å². The van der Waals surface area contributed by atoms with E-state index in [0.29, 0.717) is 11.5 Å². The first-order chi connectivity index (χ1) is 11.7. The summed E-state index contributed by atoms with van der Waals surface area (Å²) in [7, 11) is 3.20. The Hall–Kier alpha value is -1.66. The fourth-order valence-electron chi connectivity index (χ4n) is 3.08. The third kappa shape index (κ3) is 3.70. The zero-order chi connectivity index (χ0) is 17.0. The molecule has 2 aliphatic rings. The van der Waals surface area contributed by atoms with Gasteiger partial charge >= 0.3 is 0 Å². The second-order valence-electron chi connectivity index (χ2n) is 5.88. The number of nitrogens with zero attached hydrogens (tertiary/aromatic N) is 1. The molecule has 3 rings (SSSR count). The van der Waals surface area contributed by atoms with E-state index in [2.05, 4.69) is 0 Å². The van der Waals surface area contributed by atoms with E-state index < -0.39 is 0 Å². The van der Waals surface area contributed by atoms with Gasteiger partial charge in [0.1, 0.15) is 4.93 Å². The lowest BCUT2D eigenvalue weighted by atomic mass is 10.1. The summed E-state index contributed by atoms with van der Waals surface area (Å²) in [6.45, 7) is 2.34. The number of hydrogen-bond donors (Lipinski definition) is 0. The molecule has 0 bridgehead atoms. The van der Waals surface area contributed by atoms with Crippen molar-refractivity contribution in [3.05, 3.63) is 29.8 Å². The first-order valence-corrected chi connectivity index (χ1v) is 9.11. The number of amides is 1. The molecule has 0 atom stereocenters. The van der Waals surface area contributed by atoms with Crippen LogP contribution in [0.3, 0.4) is 0 Å². The Morgan fingerprint density at radius 2 is 2.00 bits per heavy atom. The molecule has 0 N–H and O–H groups in total. The maximum absolute atomic E-state index is 12.4. The lowest BCUT2D eigenvalue weighted by molar-refractivity contribution is -0.128. The van der Waals surface area contributed by atoms with E-state index in [0.717, 1.165) is 43.9 Å². The third-order valence-electron chi connectivity index (χ3n) is 4.48. The van der Waals surface area contributed by atoms with Crippen LogP contribution >= 0.6 is 11.8 Å². The molecule has 5 nitrogen and oxygen atoms in total. The van der Waals surface area contributed by atoms with Crippen LogP contribution in [0.4, 0.5) is 0 Å². The summed E-state index contributed by atoms with van der Waals surface area (Å²) in [4.78, 5) is 14.2. The predicted molar refractivity (Wildman–Crippen MR) is 95.5 cm³/mol. The minimum absolute atomic E-state index is 0.0379. The fourth-order valence-corrected chi connectivity index (χ4v) is 4.26. The quantitative estimate of drug-likeness (QED) is 0.783. The molecule has 0 aromatic heterocycles. The Morgan fingerprint density at radius 1 is 1.25 bits per heavy atom.